The van der Waals surface area contributed by atoms with Crippen LogP contribution in [0.1, 0.15) is 23.5 Å². The molecule has 0 bridgehead atoms. The molecule has 2 aromatic carbocycles. The standard InChI is InChI=1S/C19H19NO3/c21-19(20-12-13-4-2-1-3-5-13)16-11-15(16)14-6-7-17-18(10-14)23-9-8-22-17/h1-7,10,15-16H,8-9,11-12H2,(H,20,21)/t15-,16+/m0/s1. The first-order valence-corrected chi connectivity index (χ1v) is 8.02. The zero-order chi connectivity index (χ0) is 15.6. The Labute approximate surface area is 135 Å². The number of amides is 1. The molecule has 0 radical (unpaired) electrons. The van der Waals surface area contributed by atoms with Crippen LogP contribution in [0.4, 0.5) is 0 Å². The average Bonchev–Trinajstić information content (AvgIpc) is 3.41. The molecule has 0 aromatic heterocycles. The SMILES string of the molecule is O=C(NCc1ccccc1)[C@@H]1C[C@H]1c1ccc2c(c1)OCCO2. The minimum Gasteiger partial charge on any atom is -0.486 e. The normalized spacial score (nSPS) is 21.6. The van der Waals surface area contributed by atoms with Gasteiger partial charge < -0.3 is 14.8 Å². The van der Waals surface area contributed by atoms with E-state index in [0.717, 1.165) is 29.0 Å². The average molecular weight is 309 g/mol. The number of carbonyl (C=O) groups is 1. The lowest BCUT2D eigenvalue weighted by Crippen LogP contribution is -2.24. The molecule has 118 valence electrons. The maximum atomic E-state index is 12.3. The van der Waals surface area contributed by atoms with Gasteiger partial charge in [-0.05, 0) is 35.6 Å². The Balaban J connectivity index is 1.37. The highest BCUT2D eigenvalue weighted by atomic mass is 16.6. The molecule has 1 aliphatic carbocycles. The summed E-state index contributed by atoms with van der Waals surface area (Å²) in [6.45, 7) is 1.77. The first kappa shape index (κ1) is 14.1. The summed E-state index contributed by atoms with van der Waals surface area (Å²) in [5.74, 6) is 2.09. The molecule has 4 rings (SSSR count). The Morgan fingerprint density at radius 2 is 1.83 bits per heavy atom. The molecule has 2 aromatic rings. The Kier molecular flexibility index (Phi) is 3.66. The van der Waals surface area contributed by atoms with Gasteiger partial charge in [-0.1, -0.05) is 36.4 Å². The van der Waals surface area contributed by atoms with Gasteiger partial charge in [0.2, 0.25) is 5.91 Å². The molecule has 1 fully saturated rings. The van der Waals surface area contributed by atoms with E-state index in [0.29, 0.717) is 25.7 Å². The predicted molar refractivity (Wildman–Crippen MR) is 86.6 cm³/mol. The van der Waals surface area contributed by atoms with Gasteiger partial charge >= 0.3 is 0 Å². The van der Waals surface area contributed by atoms with Crippen molar-refractivity contribution in [1.82, 2.24) is 5.32 Å². The van der Waals surface area contributed by atoms with E-state index in [4.69, 9.17) is 9.47 Å². The van der Waals surface area contributed by atoms with Gasteiger partial charge in [-0.15, -0.1) is 0 Å². The van der Waals surface area contributed by atoms with Gasteiger partial charge in [-0.3, -0.25) is 4.79 Å². The molecular weight excluding hydrogens is 290 g/mol. The first-order chi connectivity index (χ1) is 11.3. The Hall–Kier alpha value is -2.49. The molecule has 1 amide bonds. The van der Waals surface area contributed by atoms with Crippen LogP contribution in [-0.4, -0.2) is 19.1 Å². The molecule has 1 saturated carbocycles. The number of rotatable bonds is 4. The number of nitrogens with one attached hydrogen (secondary N) is 1. The third-order valence-corrected chi connectivity index (χ3v) is 4.43. The monoisotopic (exact) mass is 309 g/mol. The van der Waals surface area contributed by atoms with Crippen LogP contribution in [-0.2, 0) is 11.3 Å². The number of benzene rings is 2. The van der Waals surface area contributed by atoms with Crippen molar-refractivity contribution in [3.05, 3.63) is 59.7 Å². The van der Waals surface area contributed by atoms with E-state index < -0.39 is 0 Å². The summed E-state index contributed by atoms with van der Waals surface area (Å²) in [6.07, 6.45) is 0.903. The highest BCUT2D eigenvalue weighted by Crippen LogP contribution is 2.49. The zero-order valence-corrected chi connectivity index (χ0v) is 12.8. The molecule has 2 atom stereocenters. The lowest BCUT2D eigenvalue weighted by Gasteiger charge is -2.18. The lowest BCUT2D eigenvalue weighted by molar-refractivity contribution is -0.122. The largest absolute Gasteiger partial charge is 0.486 e. The van der Waals surface area contributed by atoms with Crippen LogP contribution < -0.4 is 14.8 Å². The number of carbonyl (C=O) groups excluding carboxylic acids is 1. The molecule has 0 saturated heterocycles. The van der Waals surface area contributed by atoms with Crippen molar-refractivity contribution in [2.45, 2.75) is 18.9 Å². The lowest BCUT2D eigenvalue weighted by atomic mass is 10.1. The van der Waals surface area contributed by atoms with Gasteiger partial charge in [0.25, 0.3) is 0 Å². The number of hydrogen-bond acceptors (Lipinski definition) is 3. The van der Waals surface area contributed by atoms with Crippen LogP contribution in [0.15, 0.2) is 48.5 Å². The van der Waals surface area contributed by atoms with Crippen molar-refractivity contribution in [3.8, 4) is 11.5 Å². The van der Waals surface area contributed by atoms with E-state index in [2.05, 4.69) is 5.32 Å². The van der Waals surface area contributed by atoms with Gasteiger partial charge in [0.05, 0.1) is 0 Å². The second kappa shape index (κ2) is 5.95. The third-order valence-electron chi connectivity index (χ3n) is 4.43. The maximum Gasteiger partial charge on any atom is 0.224 e. The summed E-state index contributed by atoms with van der Waals surface area (Å²) in [6, 6.07) is 16.0. The van der Waals surface area contributed by atoms with Crippen LogP contribution in [0.2, 0.25) is 0 Å². The van der Waals surface area contributed by atoms with E-state index in [1.54, 1.807) is 0 Å². The maximum absolute atomic E-state index is 12.3. The molecule has 1 heterocycles. The second-order valence-corrected chi connectivity index (χ2v) is 6.06. The van der Waals surface area contributed by atoms with Gasteiger partial charge in [0, 0.05) is 12.5 Å². The molecule has 4 heteroatoms. The van der Waals surface area contributed by atoms with Crippen molar-refractivity contribution in [2.24, 2.45) is 5.92 Å². The van der Waals surface area contributed by atoms with Crippen LogP contribution in [0.25, 0.3) is 0 Å². The van der Waals surface area contributed by atoms with Crippen molar-refractivity contribution >= 4 is 5.91 Å². The number of hydrogen-bond donors (Lipinski definition) is 1. The fourth-order valence-electron chi connectivity index (χ4n) is 3.06. The third kappa shape index (κ3) is 3.02. The van der Waals surface area contributed by atoms with E-state index in [-0.39, 0.29) is 11.8 Å². The van der Waals surface area contributed by atoms with E-state index >= 15 is 0 Å². The minimum atomic E-state index is 0.0706. The van der Waals surface area contributed by atoms with E-state index in [1.807, 2.05) is 48.5 Å². The Morgan fingerprint density at radius 3 is 2.65 bits per heavy atom. The molecule has 0 spiro atoms. The molecule has 2 aliphatic rings. The van der Waals surface area contributed by atoms with Gasteiger partial charge in [0.15, 0.2) is 11.5 Å². The summed E-state index contributed by atoms with van der Waals surface area (Å²) in [5.41, 5.74) is 2.28. The highest BCUT2D eigenvalue weighted by Gasteiger charge is 2.44. The fourth-order valence-corrected chi connectivity index (χ4v) is 3.06. The highest BCUT2D eigenvalue weighted by molar-refractivity contribution is 5.83. The molecule has 0 unspecified atom stereocenters. The van der Waals surface area contributed by atoms with Gasteiger partial charge in [-0.2, -0.15) is 0 Å². The summed E-state index contributed by atoms with van der Waals surface area (Å²) in [4.78, 5) is 12.3. The summed E-state index contributed by atoms with van der Waals surface area (Å²) >= 11 is 0. The Morgan fingerprint density at radius 1 is 1.04 bits per heavy atom. The summed E-state index contributed by atoms with van der Waals surface area (Å²) in [7, 11) is 0. The smallest absolute Gasteiger partial charge is 0.224 e. The van der Waals surface area contributed by atoms with Crippen LogP contribution in [0.3, 0.4) is 0 Å². The number of fused-ring (bicyclic) bond motifs is 1. The van der Waals surface area contributed by atoms with Crippen molar-refractivity contribution in [3.63, 3.8) is 0 Å². The molecule has 4 nitrogen and oxygen atoms in total. The van der Waals surface area contributed by atoms with Crippen LogP contribution in [0.5, 0.6) is 11.5 Å². The summed E-state index contributed by atoms with van der Waals surface area (Å²) in [5, 5.41) is 3.03. The van der Waals surface area contributed by atoms with Crippen molar-refractivity contribution in [1.29, 1.82) is 0 Å². The first-order valence-electron chi connectivity index (χ1n) is 8.02. The molecule has 1 aliphatic heterocycles. The second-order valence-electron chi connectivity index (χ2n) is 6.06. The van der Waals surface area contributed by atoms with E-state index in [9.17, 15) is 4.79 Å². The van der Waals surface area contributed by atoms with Crippen LogP contribution in [0, 0.1) is 5.92 Å². The molecular formula is C19H19NO3. The fraction of sp³-hybridized carbons (Fsp3) is 0.316. The topological polar surface area (TPSA) is 47.6 Å². The Bertz CT molecular complexity index is 714. The quantitative estimate of drug-likeness (QED) is 0.944. The zero-order valence-electron chi connectivity index (χ0n) is 12.8. The van der Waals surface area contributed by atoms with Crippen molar-refractivity contribution in [2.75, 3.05) is 13.2 Å². The van der Waals surface area contributed by atoms with E-state index in [1.165, 1.54) is 0 Å². The summed E-state index contributed by atoms with van der Waals surface area (Å²) < 4.78 is 11.2. The minimum absolute atomic E-state index is 0.0706. The molecule has 23 heavy (non-hydrogen) atoms. The number of ether oxygens (including phenoxy) is 2. The van der Waals surface area contributed by atoms with Crippen LogP contribution >= 0.6 is 0 Å². The van der Waals surface area contributed by atoms with Crippen molar-refractivity contribution < 1.29 is 14.3 Å². The van der Waals surface area contributed by atoms with Gasteiger partial charge in [-0.25, -0.2) is 0 Å². The van der Waals surface area contributed by atoms with Gasteiger partial charge in [0.1, 0.15) is 13.2 Å². The predicted octanol–water partition coefficient (Wildman–Crippen LogP) is 2.88. The molecule has 1 N–H and O–H groups in total.